The van der Waals surface area contributed by atoms with E-state index in [1.54, 1.807) is 13.0 Å². The maximum atomic E-state index is 12.1. The van der Waals surface area contributed by atoms with Gasteiger partial charge in [0, 0.05) is 16.3 Å². The molecule has 0 amide bonds. The first-order valence-electron chi connectivity index (χ1n) is 5.67. The third-order valence-electron chi connectivity index (χ3n) is 2.80. The van der Waals surface area contributed by atoms with Gasteiger partial charge in [-0.3, -0.25) is 0 Å². The second-order valence-corrected chi connectivity index (χ2v) is 8.31. The second-order valence-electron chi connectivity index (χ2n) is 4.18. The van der Waals surface area contributed by atoms with E-state index in [-0.39, 0.29) is 10.8 Å². The van der Waals surface area contributed by atoms with E-state index in [1.165, 1.54) is 11.3 Å². The van der Waals surface area contributed by atoms with Gasteiger partial charge in [0.2, 0.25) is 10.0 Å². The van der Waals surface area contributed by atoms with Crippen molar-refractivity contribution >= 4 is 32.7 Å². The molecule has 0 atom stereocenters. The third-order valence-corrected chi connectivity index (χ3v) is 6.92. The number of aryl methyl sites for hydroxylation is 2. The summed E-state index contributed by atoms with van der Waals surface area (Å²) >= 11 is 2.65. The first-order valence-corrected chi connectivity index (χ1v) is 8.85. The fraction of sp³-hybridized carbons (Fsp3) is 0.333. The van der Waals surface area contributed by atoms with Crippen molar-refractivity contribution in [1.29, 1.82) is 0 Å². The van der Waals surface area contributed by atoms with Gasteiger partial charge in [-0.05, 0) is 42.5 Å². The van der Waals surface area contributed by atoms with E-state index in [4.69, 9.17) is 5.11 Å². The highest BCUT2D eigenvalue weighted by Crippen LogP contribution is 2.26. The summed E-state index contributed by atoms with van der Waals surface area (Å²) in [6, 6.07) is 3.56. The Morgan fingerprint density at radius 2 is 2.00 bits per heavy atom. The molecule has 0 aliphatic heterocycles. The number of hydrogen-bond donors (Lipinski definition) is 2. The molecule has 2 N–H and O–H groups in total. The quantitative estimate of drug-likeness (QED) is 0.890. The van der Waals surface area contributed by atoms with Gasteiger partial charge in [0.1, 0.15) is 4.21 Å². The number of sulfonamides is 1. The van der Waals surface area contributed by atoms with Crippen LogP contribution < -0.4 is 4.72 Å². The molecule has 0 saturated heterocycles. The van der Waals surface area contributed by atoms with Crippen molar-refractivity contribution in [1.82, 2.24) is 4.72 Å². The molecular weight excluding hydrogens is 302 g/mol. The maximum absolute atomic E-state index is 12.1. The summed E-state index contributed by atoms with van der Waals surface area (Å²) in [5.41, 5.74) is 1.89. The summed E-state index contributed by atoms with van der Waals surface area (Å²) in [4.78, 5) is 1.70. The van der Waals surface area contributed by atoms with Crippen LogP contribution in [-0.2, 0) is 23.2 Å². The molecule has 2 rings (SSSR count). The zero-order valence-corrected chi connectivity index (χ0v) is 13.1. The van der Waals surface area contributed by atoms with Gasteiger partial charge < -0.3 is 5.11 Å². The Morgan fingerprint density at radius 1 is 1.26 bits per heavy atom. The van der Waals surface area contributed by atoms with Crippen molar-refractivity contribution in [2.45, 2.75) is 31.2 Å². The molecule has 104 valence electrons. The average molecular weight is 317 g/mol. The van der Waals surface area contributed by atoms with Gasteiger partial charge in [-0.1, -0.05) is 0 Å². The van der Waals surface area contributed by atoms with Crippen molar-refractivity contribution in [3.05, 3.63) is 38.4 Å². The van der Waals surface area contributed by atoms with E-state index in [2.05, 4.69) is 4.72 Å². The summed E-state index contributed by atoms with van der Waals surface area (Å²) in [7, 11) is -3.50. The van der Waals surface area contributed by atoms with Gasteiger partial charge in [-0.2, -0.15) is 0 Å². The van der Waals surface area contributed by atoms with E-state index in [9.17, 15) is 8.42 Å². The Kier molecular flexibility index (Phi) is 4.42. The van der Waals surface area contributed by atoms with Crippen LogP contribution in [0.3, 0.4) is 0 Å². The van der Waals surface area contributed by atoms with E-state index in [0.29, 0.717) is 11.4 Å². The Hall–Kier alpha value is -0.730. The molecule has 7 heteroatoms. The molecule has 0 radical (unpaired) electrons. The van der Waals surface area contributed by atoms with Crippen LogP contribution in [0.4, 0.5) is 0 Å². The topological polar surface area (TPSA) is 66.4 Å². The smallest absolute Gasteiger partial charge is 0.250 e. The minimum absolute atomic E-state index is 0.129. The summed E-state index contributed by atoms with van der Waals surface area (Å²) in [5, 5.41) is 11.1. The fourth-order valence-corrected chi connectivity index (χ4v) is 5.02. The summed E-state index contributed by atoms with van der Waals surface area (Å²) in [6.07, 6.45) is 0. The minimum atomic E-state index is -3.50. The van der Waals surface area contributed by atoms with Crippen LogP contribution in [0.25, 0.3) is 0 Å². The zero-order valence-electron chi connectivity index (χ0n) is 10.6. The van der Waals surface area contributed by atoms with Crippen molar-refractivity contribution in [3.63, 3.8) is 0 Å². The number of thiophene rings is 2. The van der Waals surface area contributed by atoms with E-state index >= 15 is 0 Å². The van der Waals surface area contributed by atoms with Crippen LogP contribution in [0.15, 0.2) is 21.7 Å². The van der Waals surface area contributed by atoms with Crippen molar-refractivity contribution in [2.75, 3.05) is 0 Å². The monoisotopic (exact) mass is 317 g/mol. The van der Waals surface area contributed by atoms with Crippen LogP contribution in [-0.4, -0.2) is 13.5 Å². The lowest BCUT2D eigenvalue weighted by Crippen LogP contribution is -2.22. The molecule has 2 aromatic rings. The van der Waals surface area contributed by atoms with Crippen molar-refractivity contribution in [3.8, 4) is 0 Å². The third kappa shape index (κ3) is 3.24. The highest BCUT2D eigenvalue weighted by Gasteiger charge is 2.18. The lowest BCUT2D eigenvalue weighted by molar-refractivity contribution is 0.285. The molecule has 0 unspecified atom stereocenters. The Balaban J connectivity index is 2.16. The predicted molar refractivity (Wildman–Crippen MR) is 78.1 cm³/mol. The molecule has 19 heavy (non-hydrogen) atoms. The molecule has 0 fully saturated rings. The number of hydrogen-bond acceptors (Lipinski definition) is 5. The number of nitrogens with one attached hydrogen (secondary N) is 1. The summed E-state index contributed by atoms with van der Waals surface area (Å²) in [6.45, 7) is 3.93. The molecule has 0 aliphatic rings. The number of aliphatic hydroxyl groups excluding tert-OH is 1. The molecule has 0 aromatic carbocycles. The molecule has 2 heterocycles. The highest BCUT2D eigenvalue weighted by atomic mass is 32.2. The Bertz CT molecular complexity index is 670. The Labute approximate surface area is 120 Å². The van der Waals surface area contributed by atoms with E-state index in [0.717, 1.165) is 27.3 Å². The lowest BCUT2D eigenvalue weighted by atomic mass is 10.3. The summed E-state index contributed by atoms with van der Waals surface area (Å²) in [5.74, 6) is 0. The second kappa shape index (κ2) is 5.72. The summed E-state index contributed by atoms with van der Waals surface area (Å²) < 4.78 is 27.1. The van der Waals surface area contributed by atoms with Crippen LogP contribution >= 0.6 is 22.7 Å². The van der Waals surface area contributed by atoms with E-state index in [1.807, 2.05) is 18.4 Å². The predicted octanol–water partition coefficient (Wildman–Crippen LogP) is 2.40. The van der Waals surface area contributed by atoms with Gasteiger partial charge in [-0.15, -0.1) is 22.7 Å². The molecule has 0 spiro atoms. The maximum Gasteiger partial charge on any atom is 0.250 e. The van der Waals surface area contributed by atoms with Crippen LogP contribution in [0.2, 0.25) is 0 Å². The highest BCUT2D eigenvalue weighted by molar-refractivity contribution is 7.91. The molecule has 0 saturated carbocycles. The molecule has 0 bridgehead atoms. The average Bonchev–Trinajstić information content (AvgIpc) is 2.93. The lowest BCUT2D eigenvalue weighted by Gasteiger charge is -2.03. The van der Waals surface area contributed by atoms with Crippen molar-refractivity contribution in [2.24, 2.45) is 0 Å². The molecular formula is C12H15NO3S3. The Morgan fingerprint density at radius 3 is 2.53 bits per heavy atom. The van der Waals surface area contributed by atoms with Crippen LogP contribution in [0.5, 0.6) is 0 Å². The molecule has 4 nitrogen and oxygen atoms in total. The van der Waals surface area contributed by atoms with Gasteiger partial charge >= 0.3 is 0 Å². The van der Waals surface area contributed by atoms with E-state index < -0.39 is 10.0 Å². The van der Waals surface area contributed by atoms with Crippen LogP contribution in [0, 0.1) is 13.8 Å². The largest absolute Gasteiger partial charge is 0.391 e. The van der Waals surface area contributed by atoms with Gasteiger partial charge in [0.15, 0.2) is 0 Å². The first kappa shape index (κ1) is 14.7. The van der Waals surface area contributed by atoms with Crippen LogP contribution in [0.1, 0.15) is 20.9 Å². The minimum Gasteiger partial charge on any atom is -0.391 e. The zero-order chi connectivity index (χ0) is 14.0. The number of rotatable bonds is 5. The number of aliphatic hydroxyl groups is 1. The van der Waals surface area contributed by atoms with Gasteiger partial charge in [0.25, 0.3) is 0 Å². The van der Waals surface area contributed by atoms with Crippen molar-refractivity contribution < 1.29 is 13.5 Å². The molecule has 2 aromatic heterocycles. The first-order chi connectivity index (χ1) is 8.94. The normalized spacial score (nSPS) is 11.9. The van der Waals surface area contributed by atoms with Gasteiger partial charge in [-0.25, -0.2) is 13.1 Å². The SMILES string of the molecule is Cc1ccsc1CNS(=O)(=O)c1cc(C)c(CO)s1. The van der Waals surface area contributed by atoms with Gasteiger partial charge in [0.05, 0.1) is 6.61 Å². The fourth-order valence-electron chi connectivity index (χ4n) is 1.59. The molecule has 0 aliphatic carbocycles. The standard InChI is InChI=1S/C12H15NO3S3/c1-8-3-4-17-10(8)6-13-19(15,16)12-5-9(2)11(7-14)18-12/h3-5,13-14H,6-7H2,1-2H3.